The molecule has 6 nitrogen and oxygen atoms in total. The lowest BCUT2D eigenvalue weighted by Crippen LogP contribution is -2.42. The summed E-state index contributed by atoms with van der Waals surface area (Å²) < 4.78 is 40.1. The summed E-state index contributed by atoms with van der Waals surface area (Å²) in [7, 11) is -0.492. The summed E-state index contributed by atoms with van der Waals surface area (Å²) in [6, 6.07) is 9.73. The fraction of sp³-hybridized carbons (Fsp3) is 0.435. The SMILES string of the molecule is CN(C)S(=O)(=O)c1ccc2c(c1)CCN2C(=O)C1CCN(Cc2ccc(Cl)cc2F)CC1. The van der Waals surface area contributed by atoms with Gasteiger partial charge in [-0.05, 0) is 68.2 Å². The van der Waals surface area contributed by atoms with Crippen molar-refractivity contribution in [1.82, 2.24) is 9.21 Å². The van der Waals surface area contributed by atoms with E-state index in [0.717, 1.165) is 24.3 Å². The summed E-state index contributed by atoms with van der Waals surface area (Å²) in [6.07, 6.45) is 2.08. The minimum Gasteiger partial charge on any atom is -0.312 e. The maximum atomic E-state index is 14.1. The van der Waals surface area contributed by atoms with E-state index in [4.69, 9.17) is 11.6 Å². The Morgan fingerprint density at radius 2 is 1.84 bits per heavy atom. The molecule has 0 radical (unpaired) electrons. The number of halogens is 2. The van der Waals surface area contributed by atoms with Gasteiger partial charge >= 0.3 is 0 Å². The number of piperidine rings is 1. The highest BCUT2D eigenvalue weighted by Crippen LogP contribution is 2.33. The third kappa shape index (κ3) is 4.55. The molecule has 172 valence electrons. The first-order valence-corrected chi connectivity index (χ1v) is 12.5. The van der Waals surface area contributed by atoms with E-state index in [9.17, 15) is 17.6 Å². The van der Waals surface area contributed by atoms with Crippen molar-refractivity contribution in [2.75, 3.05) is 38.6 Å². The van der Waals surface area contributed by atoms with E-state index in [2.05, 4.69) is 4.90 Å². The number of anilines is 1. The van der Waals surface area contributed by atoms with Crippen LogP contribution in [-0.4, -0.2) is 57.3 Å². The zero-order valence-electron chi connectivity index (χ0n) is 18.2. The van der Waals surface area contributed by atoms with Gasteiger partial charge in [-0.1, -0.05) is 17.7 Å². The Hall–Kier alpha value is -2.00. The van der Waals surface area contributed by atoms with E-state index in [1.807, 2.05) is 0 Å². The van der Waals surface area contributed by atoms with Crippen molar-refractivity contribution in [2.45, 2.75) is 30.7 Å². The molecule has 2 aliphatic rings. The van der Waals surface area contributed by atoms with E-state index in [-0.39, 0.29) is 22.5 Å². The summed E-state index contributed by atoms with van der Waals surface area (Å²) in [5, 5.41) is 0.382. The van der Waals surface area contributed by atoms with Gasteiger partial charge in [-0.3, -0.25) is 9.69 Å². The first-order chi connectivity index (χ1) is 15.2. The molecule has 1 fully saturated rings. The van der Waals surface area contributed by atoms with Crippen molar-refractivity contribution in [3.63, 3.8) is 0 Å². The molecule has 0 spiro atoms. The van der Waals surface area contributed by atoms with Gasteiger partial charge in [0.05, 0.1) is 4.90 Å². The summed E-state index contributed by atoms with van der Waals surface area (Å²) in [5.41, 5.74) is 2.30. The standard InChI is InChI=1S/C23H27ClFN3O3S/c1-26(2)32(30,31)20-5-6-22-17(13-20)9-12-28(22)23(29)16-7-10-27(11-8-16)15-18-3-4-19(24)14-21(18)25/h3-6,13-14,16H,7-12,15H2,1-2H3. The molecule has 1 amide bonds. The zero-order chi connectivity index (χ0) is 23.0. The zero-order valence-corrected chi connectivity index (χ0v) is 19.8. The van der Waals surface area contributed by atoms with Crippen LogP contribution in [0.3, 0.4) is 0 Å². The second kappa shape index (κ2) is 9.09. The van der Waals surface area contributed by atoms with E-state index in [1.54, 1.807) is 35.2 Å². The molecular weight excluding hydrogens is 453 g/mol. The van der Waals surface area contributed by atoms with Gasteiger partial charge in [-0.15, -0.1) is 0 Å². The predicted octanol–water partition coefficient (Wildman–Crippen LogP) is 3.53. The number of rotatable bonds is 5. The molecule has 0 bridgehead atoms. The lowest BCUT2D eigenvalue weighted by atomic mass is 9.95. The minimum atomic E-state index is -3.50. The number of hydrogen-bond acceptors (Lipinski definition) is 4. The highest BCUT2D eigenvalue weighted by Gasteiger charge is 2.33. The van der Waals surface area contributed by atoms with Crippen molar-refractivity contribution >= 4 is 33.2 Å². The van der Waals surface area contributed by atoms with Crippen LogP contribution in [0.5, 0.6) is 0 Å². The quantitative estimate of drug-likeness (QED) is 0.658. The molecule has 2 aromatic rings. The Labute approximate surface area is 193 Å². The van der Waals surface area contributed by atoms with Crippen molar-refractivity contribution < 1.29 is 17.6 Å². The van der Waals surface area contributed by atoms with Gasteiger partial charge in [0.15, 0.2) is 0 Å². The molecular formula is C23H27ClFN3O3S. The van der Waals surface area contributed by atoms with Crippen molar-refractivity contribution in [1.29, 1.82) is 0 Å². The number of benzene rings is 2. The molecule has 0 atom stereocenters. The third-order valence-corrected chi connectivity index (χ3v) is 8.38. The van der Waals surface area contributed by atoms with Gasteiger partial charge in [0.25, 0.3) is 0 Å². The lowest BCUT2D eigenvalue weighted by molar-refractivity contribution is -0.123. The number of amides is 1. The van der Waals surface area contributed by atoms with Crippen LogP contribution in [-0.2, 0) is 27.8 Å². The Morgan fingerprint density at radius 1 is 1.12 bits per heavy atom. The second-order valence-electron chi connectivity index (χ2n) is 8.60. The Bertz CT molecular complexity index is 1130. The summed E-state index contributed by atoms with van der Waals surface area (Å²) in [5.74, 6) is -0.304. The fourth-order valence-electron chi connectivity index (χ4n) is 4.43. The third-order valence-electron chi connectivity index (χ3n) is 6.34. The van der Waals surface area contributed by atoms with Gasteiger partial charge in [-0.2, -0.15) is 0 Å². The fourth-order valence-corrected chi connectivity index (χ4v) is 5.54. The average molecular weight is 480 g/mol. The van der Waals surface area contributed by atoms with Crippen LogP contribution in [0, 0.1) is 11.7 Å². The van der Waals surface area contributed by atoms with Gasteiger partial charge < -0.3 is 4.90 Å². The van der Waals surface area contributed by atoms with Crippen LogP contribution >= 0.6 is 11.6 Å². The average Bonchev–Trinajstić information content (AvgIpc) is 3.19. The number of carbonyl (C=O) groups is 1. The van der Waals surface area contributed by atoms with Gasteiger partial charge in [-0.25, -0.2) is 17.1 Å². The maximum Gasteiger partial charge on any atom is 0.242 e. The lowest BCUT2D eigenvalue weighted by Gasteiger charge is -2.33. The van der Waals surface area contributed by atoms with Crippen LogP contribution in [0.2, 0.25) is 5.02 Å². The molecule has 0 unspecified atom stereocenters. The molecule has 1 saturated heterocycles. The Morgan fingerprint density at radius 3 is 2.50 bits per heavy atom. The molecule has 0 saturated carbocycles. The van der Waals surface area contributed by atoms with Gasteiger partial charge in [0, 0.05) is 49.4 Å². The molecule has 2 heterocycles. The summed E-state index contributed by atoms with van der Waals surface area (Å²) in [4.78, 5) is 17.4. The second-order valence-corrected chi connectivity index (χ2v) is 11.2. The highest BCUT2D eigenvalue weighted by molar-refractivity contribution is 7.89. The molecule has 0 aliphatic carbocycles. The smallest absolute Gasteiger partial charge is 0.242 e. The van der Waals surface area contributed by atoms with Crippen molar-refractivity contribution in [3.05, 3.63) is 58.4 Å². The van der Waals surface area contributed by atoms with Crippen molar-refractivity contribution in [2.24, 2.45) is 5.92 Å². The number of nitrogens with zero attached hydrogens (tertiary/aromatic N) is 3. The molecule has 0 aromatic heterocycles. The van der Waals surface area contributed by atoms with Crippen LogP contribution in [0.4, 0.5) is 10.1 Å². The summed E-state index contributed by atoms with van der Waals surface area (Å²) in [6.45, 7) is 2.51. The predicted molar refractivity (Wildman–Crippen MR) is 123 cm³/mol. The number of hydrogen-bond donors (Lipinski definition) is 0. The monoisotopic (exact) mass is 479 g/mol. The first kappa shape index (κ1) is 23.2. The van der Waals surface area contributed by atoms with Crippen LogP contribution < -0.4 is 4.90 Å². The molecule has 4 rings (SSSR count). The van der Waals surface area contributed by atoms with E-state index in [0.29, 0.717) is 42.9 Å². The number of fused-ring (bicyclic) bond motifs is 1. The Kier molecular flexibility index (Phi) is 6.58. The van der Waals surface area contributed by atoms with E-state index in [1.165, 1.54) is 24.5 Å². The normalized spacial score (nSPS) is 17.7. The van der Waals surface area contributed by atoms with Crippen LogP contribution in [0.15, 0.2) is 41.3 Å². The largest absolute Gasteiger partial charge is 0.312 e. The van der Waals surface area contributed by atoms with Crippen molar-refractivity contribution in [3.8, 4) is 0 Å². The topological polar surface area (TPSA) is 60.9 Å². The molecule has 2 aromatic carbocycles. The summed E-state index contributed by atoms with van der Waals surface area (Å²) >= 11 is 5.83. The number of likely N-dealkylation sites (tertiary alicyclic amines) is 1. The first-order valence-electron chi connectivity index (χ1n) is 10.7. The maximum absolute atomic E-state index is 14.1. The van der Waals surface area contributed by atoms with Gasteiger partial charge in [0.1, 0.15) is 5.82 Å². The van der Waals surface area contributed by atoms with Gasteiger partial charge in [0.2, 0.25) is 15.9 Å². The minimum absolute atomic E-state index is 0.0857. The highest BCUT2D eigenvalue weighted by atomic mass is 35.5. The molecule has 0 N–H and O–H groups in total. The molecule has 9 heteroatoms. The molecule has 32 heavy (non-hydrogen) atoms. The molecule has 2 aliphatic heterocycles. The van der Waals surface area contributed by atoms with E-state index >= 15 is 0 Å². The Balaban J connectivity index is 1.39. The van der Waals surface area contributed by atoms with Crippen LogP contribution in [0.1, 0.15) is 24.0 Å². The van der Waals surface area contributed by atoms with Crippen LogP contribution in [0.25, 0.3) is 0 Å². The van der Waals surface area contributed by atoms with E-state index < -0.39 is 10.0 Å². The number of sulfonamides is 1. The number of carbonyl (C=O) groups excluding carboxylic acids is 1.